The zero-order valence-electron chi connectivity index (χ0n) is 13.5. The third-order valence-electron chi connectivity index (χ3n) is 3.78. The molecular formula is C17H12Cl2N4O3. The molecule has 7 nitrogen and oxygen atoms in total. The molecule has 132 valence electrons. The minimum atomic E-state index is -0.433. The molecule has 1 aliphatic heterocycles. The highest BCUT2D eigenvalue weighted by molar-refractivity contribution is 6.34. The summed E-state index contributed by atoms with van der Waals surface area (Å²) in [6.07, 6.45) is 3.16. The molecule has 9 heteroatoms. The maximum atomic E-state index is 12.2. The molecule has 0 unspecified atom stereocenters. The third-order valence-corrected chi connectivity index (χ3v) is 4.37. The molecule has 1 aromatic carbocycles. The Bertz CT molecular complexity index is 1000. The van der Waals surface area contributed by atoms with E-state index in [4.69, 9.17) is 32.7 Å². The van der Waals surface area contributed by atoms with E-state index in [1.54, 1.807) is 43.7 Å². The second kappa shape index (κ2) is 6.51. The van der Waals surface area contributed by atoms with Gasteiger partial charge in [0.2, 0.25) is 6.79 Å². The molecule has 0 aliphatic carbocycles. The largest absolute Gasteiger partial charge is 0.454 e. The van der Waals surface area contributed by atoms with Crippen LogP contribution >= 0.6 is 23.2 Å². The van der Waals surface area contributed by atoms with Crippen molar-refractivity contribution < 1.29 is 14.3 Å². The number of nitrogens with zero attached hydrogens (tertiary/aromatic N) is 3. The molecule has 1 aliphatic rings. The van der Waals surface area contributed by atoms with Gasteiger partial charge in [-0.15, -0.1) is 0 Å². The smallest absolute Gasteiger partial charge is 0.278 e. The monoisotopic (exact) mass is 390 g/mol. The standard InChI is InChI=1S/C17H12Cl2N4O3/c1-23-7-12(19)16(22-23)17(24)21-15-3-2-9(6-20-15)10-4-13-14(5-11(10)18)26-8-25-13/h2-7H,8H2,1H3,(H,20,21,24). The van der Waals surface area contributed by atoms with Gasteiger partial charge in [-0.25, -0.2) is 4.98 Å². The number of anilines is 1. The minimum Gasteiger partial charge on any atom is -0.454 e. The zero-order valence-corrected chi connectivity index (χ0v) is 15.0. The number of nitrogens with one attached hydrogen (secondary N) is 1. The molecule has 0 atom stereocenters. The maximum absolute atomic E-state index is 12.2. The number of aromatic nitrogens is 3. The van der Waals surface area contributed by atoms with Crippen LogP contribution in [0, 0.1) is 0 Å². The highest BCUT2D eigenvalue weighted by Crippen LogP contribution is 2.40. The normalized spacial score (nSPS) is 12.3. The Hall–Kier alpha value is -2.77. The van der Waals surface area contributed by atoms with Gasteiger partial charge in [0, 0.05) is 36.6 Å². The van der Waals surface area contributed by atoms with Gasteiger partial charge in [0.15, 0.2) is 17.2 Å². The number of ether oxygens (including phenoxy) is 2. The lowest BCUT2D eigenvalue weighted by Crippen LogP contribution is -2.14. The van der Waals surface area contributed by atoms with E-state index in [-0.39, 0.29) is 17.5 Å². The van der Waals surface area contributed by atoms with Crippen molar-refractivity contribution in [3.05, 3.63) is 52.4 Å². The van der Waals surface area contributed by atoms with E-state index in [1.165, 1.54) is 4.68 Å². The van der Waals surface area contributed by atoms with Gasteiger partial charge in [-0.3, -0.25) is 9.48 Å². The number of carbonyl (C=O) groups excluding carboxylic acids is 1. The molecule has 26 heavy (non-hydrogen) atoms. The van der Waals surface area contributed by atoms with Crippen LogP contribution < -0.4 is 14.8 Å². The number of benzene rings is 1. The van der Waals surface area contributed by atoms with Gasteiger partial charge in [-0.05, 0) is 18.2 Å². The lowest BCUT2D eigenvalue weighted by atomic mass is 10.1. The maximum Gasteiger partial charge on any atom is 0.278 e. The first-order chi connectivity index (χ1) is 12.5. The van der Waals surface area contributed by atoms with Crippen LogP contribution in [-0.2, 0) is 7.05 Å². The van der Waals surface area contributed by atoms with Crippen molar-refractivity contribution in [2.45, 2.75) is 0 Å². The fourth-order valence-electron chi connectivity index (χ4n) is 2.55. The van der Waals surface area contributed by atoms with Crippen molar-refractivity contribution in [2.75, 3.05) is 12.1 Å². The number of pyridine rings is 1. The molecule has 0 bridgehead atoms. The summed E-state index contributed by atoms with van der Waals surface area (Å²) in [4.78, 5) is 16.5. The summed E-state index contributed by atoms with van der Waals surface area (Å²) in [5, 5.41) is 7.47. The Morgan fingerprint density at radius 2 is 1.96 bits per heavy atom. The summed E-state index contributed by atoms with van der Waals surface area (Å²) in [5.74, 6) is 1.18. The number of amides is 1. The number of rotatable bonds is 3. The average Bonchev–Trinajstić information content (AvgIpc) is 3.20. The summed E-state index contributed by atoms with van der Waals surface area (Å²) >= 11 is 12.3. The van der Waals surface area contributed by atoms with Crippen LogP contribution in [0.25, 0.3) is 11.1 Å². The highest BCUT2D eigenvalue weighted by atomic mass is 35.5. The molecule has 0 spiro atoms. The molecule has 0 saturated heterocycles. The summed E-state index contributed by atoms with van der Waals surface area (Å²) in [6, 6.07) is 6.97. The van der Waals surface area contributed by atoms with Gasteiger partial charge < -0.3 is 14.8 Å². The van der Waals surface area contributed by atoms with Gasteiger partial charge in [0.1, 0.15) is 5.82 Å². The molecule has 3 heterocycles. The predicted octanol–water partition coefficient (Wildman–Crippen LogP) is 3.77. The lowest BCUT2D eigenvalue weighted by molar-refractivity contribution is 0.102. The average molecular weight is 391 g/mol. The van der Waals surface area contributed by atoms with E-state index in [0.29, 0.717) is 22.3 Å². The molecule has 2 aromatic heterocycles. The topological polar surface area (TPSA) is 78.3 Å². The van der Waals surface area contributed by atoms with Crippen molar-refractivity contribution in [1.29, 1.82) is 0 Å². The summed E-state index contributed by atoms with van der Waals surface area (Å²) in [6.45, 7) is 0.175. The van der Waals surface area contributed by atoms with E-state index in [1.807, 2.05) is 0 Å². The van der Waals surface area contributed by atoms with Crippen LogP contribution in [0.3, 0.4) is 0 Å². The van der Waals surface area contributed by atoms with Crippen LogP contribution in [0.15, 0.2) is 36.7 Å². The Morgan fingerprint density at radius 1 is 1.19 bits per heavy atom. The van der Waals surface area contributed by atoms with Crippen molar-refractivity contribution in [2.24, 2.45) is 7.05 Å². The van der Waals surface area contributed by atoms with Crippen LogP contribution in [0.4, 0.5) is 5.82 Å². The Kier molecular flexibility index (Phi) is 4.18. The SMILES string of the molecule is Cn1cc(Cl)c(C(=O)Nc2ccc(-c3cc4c(cc3Cl)OCO4)cn2)n1. The second-order valence-electron chi connectivity index (χ2n) is 5.57. The molecule has 0 saturated carbocycles. The summed E-state index contributed by atoms with van der Waals surface area (Å²) < 4.78 is 12.1. The summed E-state index contributed by atoms with van der Waals surface area (Å²) in [7, 11) is 1.69. The fourth-order valence-corrected chi connectivity index (χ4v) is 3.08. The van der Waals surface area contributed by atoms with Gasteiger partial charge in [-0.1, -0.05) is 23.2 Å². The van der Waals surface area contributed by atoms with Crippen LogP contribution in [0.5, 0.6) is 11.5 Å². The lowest BCUT2D eigenvalue weighted by Gasteiger charge is -2.08. The third kappa shape index (κ3) is 3.07. The van der Waals surface area contributed by atoms with Gasteiger partial charge in [-0.2, -0.15) is 5.10 Å². The number of hydrogen-bond donors (Lipinski definition) is 1. The molecule has 1 N–H and O–H groups in total. The molecule has 3 aromatic rings. The Morgan fingerprint density at radius 3 is 2.62 bits per heavy atom. The number of aryl methyl sites for hydroxylation is 1. The quantitative estimate of drug-likeness (QED) is 0.736. The fraction of sp³-hybridized carbons (Fsp3) is 0.118. The van der Waals surface area contributed by atoms with Crippen molar-refractivity contribution >= 4 is 34.9 Å². The second-order valence-corrected chi connectivity index (χ2v) is 6.39. The van der Waals surface area contributed by atoms with Gasteiger partial charge in [0.05, 0.1) is 10.0 Å². The Balaban J connectivity index is 1.56. The van der Waals surface area contributed by atoms with Crippen LogP contribution in [-0.4, -0.2) is 27.5 Å². The number of carbonyl (C=O) groups is 1. The predicted molar refractivity (Wildman–Crippen MR) is 97.0 cm³/mol. The molecule has 0 fully saturated rings. The van der Waals surface area contributed by atoms with E-state index in [2.05, 4.69) is 15.4 Å². The van der Waals surface area contributed by atoms with Crippen molar-refractivity contribution in [3.8, 4) is 22.6 Å². The minimum absolute atomic E-state index is 0.138. The molecular weight excluding hydrogens is 379 g/mol. The first-order valence-corrected chi connectivity index (χ1v) is 8.33. The first kappa shape index (κ1) is 16.7. The molecule has 1 amide bonds. The van der Waals surface area contributed by atoms with E-state index in [0.717, 1.165) is 11.1 Å². The van der Waals surface area contributed by atoms with Gasteiger partial charge >= 0.3 is 0 Å². The van der Waals surface area contributed by atoms with Crippen LogP contribution in [0.2, 0.25) is 10.0 Å². The first-order valence-electron chi connectivity index (χ1n) is 7.57. The molecule has 4 rings (SSSR count). The van der Waals surface area contributed by atoms with Crippen LogP contribution in [0.1, 0.15) is 10.5 Å². The van der Waals surface area contributed by atoms with Crippen molar-refractivity contribution in [1.82, 2.24) is 14.8 Å². The summed E-state index contributed by atoms with van der Waals surface area (Å²) in [5.41, 5.74) is 1.68. The zero-order chi connectivity index (χ0) is 18.3. The Labute approximate surface area is 158 Å². The van der Waals surface area contributed by atoms with E-state index < -0.39 is 5.91 Å². The number of fused-ring (bicyclic) bond motifs is 1. The number of hydrogen-bond acceptors (Lipinski definition) is 5. The molecule has 0 radical (unpaired) electrons. The van der Waals surface area contributed by atoms with Gasteiger partial charge in [0.25, 0.3) is 5.91 Å². The van der Waals surface area contributed by atoms with Crippen molar-refractivity contribution in [3.63, 3.8) is 0 Å². The number of halogens is 2. The van der Waals surface area contributed by atoms with E-state index >= 15 is 0 Å². The highest BCUT2D eigenvalue weighted by Gasteiger charge is 2.18. The van der Waals surface area contributed by atoms with E-state index in [9.17, 15) is 4.79 Å².